The van der Waals surface area contributed by atoms with Crippen molar-refractivity contribution in [2.24, 2.45) is 16.7 Å². The first-order chi connectivity index (χ1) is 10.6. The quantitative estimate of drug-likeness (QED) is 0.800. The van der Waals surface area contributed by atoms with Gasteiger partial charge in [0.15, 0.2) is 0 Å². The first-order valence-corrected chi connectivity index (χ1v) is 9.20. The summed E-state index contributed by atoms with van der Waals surface area (Å²) < 4.78 is 0. The van der Waals surface area contributed by atoms with Crippen molar-refractivity contribution in [3.05, 3.63) is 0 Å². The zero-order valence-electron chi connectivity index (χ0n) is 15.7. The Bertz CT molecular complexity index is 445. The molecular weight excluding hydrogens is 288 g/mol. The topological polar surface area (TPSA) is 40.6 Å². The minimum absolute atomic E-state index is 0.242. The van der Waals surface area contributed by atoms with E-state index in [2.05, 4.69) is 13.8 Å². The maximum Gasteiger partial charge on any atom is 0.228 e. The number of hydrogen-bond acceptors (Lipinski definition) is 2. The van der Waals surface area contributed by atoms with Crippen LogP contribution in [0.5, 0.6) is 0 Å². The van der Waals surface area contributed by atoms with E-state index in [0.717, 1.165) is 58.3 Å². The van der Waals surface area contributed by atoms with Crippen LogP contribution in [0.3, 0.4) is 0 Å². The largest absolute Gasteiger partial charge is 0.342 e. The first kappa shape index (κ1) is 18.3. The summed E-state index contributed by atoms with van der Waals surface area (Å²) in [6, 6.07) is 0. The molecule has 2 aliphatic rings. The predicted molar refractivity (Wildman–Crippen MR) is 93.0 cm³/mol. The molecule has 2 saturated heterocycles. The minimum Gasteiger partial charge on any atom is -0.342 e. The van der Waals surface area contributed by atoms with Crippen molar-refractivity contribution in [1.29, 1.82) is 0 Å². The number of carbonyl (C=O) groups is 2. The third kappa shape index (κ3) is 4.48. The standard InChI is InChI=1S/C19H34N2O2/c1-18(2,3)16(22)21-12-8-9-15(14-21)13-19(4,5)17(23)20-10-6-7-11-20/h15H,6-14H2,1-5H3. The van der Waals surface area contributed by atoms with E-state index in [1.54, 1.807) is 0 Å². The van der Waals surface area contributed by atoms with Crippen LogP contribution in [-0.4, -0.2) is 47.8 Å². The smallest absolute Gasteiger partial charge is 0.228 e. The number of piperidine rings is 1. The summed E-state index contributed by atoms with van der Waals surface area (Å²) in [4.78, 5) is 29.3. The van der Waals surface area contributed by atoms with Crippen molar-refractivity contribution in [2.45, 2.75) is 66.7 Å². The van der Waals surface area contributed by atoms with Crippen molar-refractivity contribution in [3.8, 4) is 0 Å². The van der Waals surface area contributed by atoms with Crippen molar-refractivity contribution in [2.75, 3.05) is 26.2 Å². The normalized spacial score (nSPS) is 23.3. The lowest BCUT2D eigenvalue weighted by molar-refractivity contribution is -0.143. The Labute approximate surface area is 141 Å². The Morgan fingerprint density at radius 2 is 1.43 bits per heavy atom. The molecule has 2 rings (SSSR count). The molecule has 4 heteroatoms. The third-order valence-corrected chi connectivity index (χ3v) is 5.22. The van der Waals surface area contributed by atoms with Crippen LogP contribution in [0.4, 0.5) is 0 Å². The number of likely N-dealkylation sites (tertiary alicyclic amines) is 2. The molecule has 2 amide bonds. The molecule has 4 nitrogen and oxygen atoms in total. The van der Waals surface area contributed by atoms with E-state index in [1.165, 1.54) is 0 Å². The average Bonchev–Trinajstić information content (AvgIpc) is 2.98. The lowest BCUT2D eigenvalue weighted by Gasteiger charge is -2.39. The van der Waals surface area contributed by atoms with Gasteiger partial charge in [-0.1, -0.05) is 34.6 Å². The highest BCUT2D eigenvalue weighted by atomic mass is 16.2. The summed E-state index contributed by atoms with van der Waals surface area (Å²) >= 11 is 0. The molecular formula is C19H34N2O2. The zero-order chi connectivity index (χ0) is 17.3. The van der Waals surface area contributed by atoms with Gasteiger partial charge in [-0.2, -0.15) is 0 Å². The number of amides is 2. The van der Waals surface area contributed by atoms with Gasteiger partial charge < -0.3 is 9.80 Å². The summed E-state index contributed by atoms with van der Waals surface area (Å²) in [7, 11) is 0. The Hall–Kier alpha value is -1.06. The van der Waals surface area contributed by atoms with Crippen molar-refractivity contribution >= 4 is 11.8 Å². The highest BCUT2D eigenvalue weighted by molar-refractivity contribution is 5.82. The average molecular weight is 322 g/mol. The van der Waals surface area contributed by atoms with Crippen molar-refractivity contribution < 1.29 is 9.59 Å². The van der Waals surface area contributed by atoms with E-state index in [4.69, 9.17) is 0 Å². The van der Waals surface area contributed by atoms with Crippen LogP contribution in [0, 0.1) is 16.7 Å². The Kier molecular flexibility index (Phi) is 5.42. The van der Waals surface area contributed by atoms with E-state index < -0.39 is 0 Å². The molecule has 2 aliphatic heterocycles. The van der Waals surface area contributed by atoms with Crippen LogP contribution in [0.1, 0.15) is 66.7 Å². The van der Waals surface area contributed by atoms with Crippen LogP contribution in [0.2, 0.25) is 0 Å². The van der Waals surface area contributed by atoms with E-state index in [0.29, 0.717) is 11.8 Å². The predicted octanol–water partition coefficient (Wildman–Crippen LogP) is 3.31. The van der Waals surface area contributed by atoms with Crippen LogP contribution in [0.25, 0.3) is 0 Å². The second-order valence-corrected chi connectivity index (χ2v) is 9.10. The molecule has 0 radical (unpaired) electrons. The number of rotatable bonds is 3. The fraction of sp³-hybridized carbons (Fsp3) is 0.895. The Balaban J connectivity index is 1.96. The zero-order valence-corrected chi connectivity index (χ0v) is 15.7. The van der Waals surface area contributed by atoms with Crippen LogP contribution in [-0.2, 0) is 9.59 Å². The molecule has 0 bridgehead atoms. The molecule has 0 aromatic heterocycles. The van der Waals surface area contributed by atoms with E-state index in [9.17, 15) is 9.59 Å². The van der Waals surface area contributed by atoms with Gasteiger partial charge in [0.05, 0.1) is 0 Å². The summed E-state index contributed by atoms with van der Waals surface area (Å²) in [5.41, 5.74) is -0.633. The summed E-state index contributed by atoms with van der Waals surface area (Å²) in [5, 5.41) is 0. The fourth-order valence-electron chi connectivity index (χ4n) is 4.05. The lowest BCUT2D eigenvalue weighted by atomic mass is 9.78. The van der Waals surface area contributed by atoms with Crippen molar-refractivity contribution in [1.82, 2.24) is 9.80 Å². The molecule has 0 N–H and O–H groups in total. The minimum atomic E-state index is -0.317. The van der Waals surface area contributed by atoms with E-state index >= 15 is 0 Å². The number of nitrogens with zero attached hydrogens (tertiary/aromatic N) is 2. The second kappa shape index (κ2) is 6.82. The molecule has 0 aliphatic carbocycles. The molecule has 1 atom stereocenters. The van der Waals surface area contributed by atoms with Gasteiger partial charge in [-0.05, 0) is 38.0 Å². The maximum atomic E-state index is 12.8. The number of hydrogen-bond donors (Lipinski definition) is 0. The maximum absolute atomic E-state index is 12.8. The molecule has 132 valence electrons. The van der Waals surface area contributed by atoms with Crippen molar-refractivity contribution in [3.63, 3.8) is 0 Å². The van der Waals surface area contributed by atoms with Gasteiger partial charge in [0.1, 0.15) is 0 Å². The van der Waals surface area contributed by atoms with Crippen LogP contribution >= 0.6 is 0 Å². The van der Waals surface area contributed by atoms with Crippen LogP contribution in [0.15, 0.2) is 0 Å². The summed E-state index contributed by atoms with van der Waals surface area (Å²) in [6.07, 6.45) is 5.35. The molecule has 2 fully saturated rings. The number of carbonyl (C=O) groups excluding carboxylic acids is 2. The van der Waals surface area contributed by atoms with Gasteiger partial charge in [0.25, 0.3) is 0 Å². The summed E-state index contributed by atoms with van der Waals surface area (Å²) in [5.74, 6) is 0.983. The monoisotopic (exact) mass is 322 g/mol. The van der Waals surface area contributed by atoms with Gasteiger partial charge in [-0.3, -0.25) is 9.59 Å². The van der Waals surface area contributed by atoms with Gasteiger partial charge >= 0.3 is 0 Å². The van der Waals surface area contributed by atoms with Gasteiger partial charge in [0.2, 0.25) is 11.8 Å². The first-order valence-electron chi connectivity index (χ1n) is 9.20. The molecule has 0 aromatic carbocycles. The van der Waals surface area contributed by atoms with Gasteiger partial charge in [-0.25, -0.2) is 0 Å². The van der Waals surface area contributed by atoms with E-state index in [1.807, 2.05) is 30.6 Å². The Morgan fingerprint density at radius 1 is 0.870 bits per heavy atom. The second-order valence-electron chi connectivity index (χ2n) is 9.10. The highest BCUT2D eigenvalue weighted by Crippen LogP contribution is 2.34. The van der Waals surface area contributed by atoms with E-state index in [-0.39, 0.29) is 16.7 Å². The third-order valence-electron chi connectivity index (χ3n) is 5.22. The van der Waals surface area contributed by atoms with Crippen LogP contribution < -0.4 is 0 Å². The SMILES string of the molecule is CC(C)(C)C(=O)N1CCCC(CC(C)(C)C(=O)N2CCCC2)C1. The molecule has 2 heterocycles. The molecule has 0 saturated carbocycles. The lowest BCUT2D eigenvalue weighted by Crippen LogP contribution is -2.47. The molecule has 23 heavy (non-hydrogen) atoms. The fourth-order valence-corrected chi connectivity index (χ4v) is 4.05. The summed E-state index contributed by atoms with van der Waals surface area (Å²) in [6.45, 7) is 13.6. The van der Waals surface area contributed by atoms with Gasteiger partial charge in [0, 0.05) is 37.0 Å². The molecule has 1 unspecified atom stereocenters. The highest BCUT2D eigenvalue weighted by Gasteiger charge is 2.38. The Morgan fingerprint density at radius 3 is 2.00 bits per heavy atom. The van der Waals surface area contributed by atoms with Gasteiger partial charge in [-0.15, -0.1) is 0 Å². The molecule has 0 spiro atoms. The molecule has 0 aromatic rings.